The van der Waals surface area contributed by atoms with Crippen LogP contribution >= 0.6 is 0 Å². The molecule has 0 amide bonds. The Kier molecular flexibility index (Phi) is 3.80. The molecule has 0 aliphatic heterocycles. The topological polar surface area (TPSA) is 63.8 Å². The van der Waals surface area contributed by atoms with Crippen LogP contribution in [0.15, 0.2) is 42.9 Å². The quantitative estimate of drug-likeness (QED) is 0.615. The highest BCUT2D eigenvalue weighted by Gasteiger charge is 2.13. The van der Waals surface area contributed by atoms with Gasteiger partial charge < -0.3 is 0 Å². The van der Waals surface area contributed by atoms with Crippen LogP contribution in [0.1, 0.15) is 22.9 Å². The van der Waals surface area contributed by atoms with Gasteiger partial charge in [-0.15, -0.1) is 0 Å². The van der Waals surface area contributed by atoms with E-state index in [1.165, 1.54) is 0 Å². The minimum absolute atomic E-state index is 0.0143. The summed E-state index contributed by atoms with van der Waals surface area (Å²) in [5, 5.41) is 0. The van der Waals surface area contributed by atoms with Gasteiger partial charge in [0.05, 0.1) is 11.7 Å². The summed E-state index contributed by atoms with van der Waals surface area (Å²) < 4.78 is 0. The first-order valence-electron chi connectivity index (χ1n) is 5.58. The summed E-state index contributed by atoms with van der Waals surface area (Å²) in [7, 11) is 0. The maximum atomic E-state index is 5.61. The van der Waals surface area contributed by atoms with Crippen molar-refractivity contribution < 1.29 is 0 Å². The van der Waals surface area contributed by atoms with E-state index in [9.17, 15) is 0 Å². The number of rotatable bonds is 4. The van der Waals surface area contributed by atoms with E-state index in [4.69, 9.17) is 5.84 Å². The molecule has 0 bridgehead atoms. The molecule has 0 aliphatic rings. The smallest absolute Gasteiger partial charge is 0.0675 e. The van der Waals surface area contributed by atoms with Gasteiger partial charge in [0.1, 0.15) is 0 Å². The lowest BCUT2D eigenvalue weighted by molar-refractivity contribution is 0.535. The molecule has 17 heavy (non-hydrogen) atoms. The molecule has 0 aromatic carbocycles. The fraction of sp³-hybridized carbons (Fsp3) is 0.231. The molecule has 2 rings (SSSR count). The Hall–Kier alpha value is -1.78. The van der Waals surface area contributed by atoms with Crippen LogP contribution < -0.4 is 11.3 Å². The molecule has 2 aromatic rings. The zero-order valence-electron chi connectivity index (χ0n) is 9.80. The molecule has 2 heterocycles. The third kappa shape index (κ3) is 2.87. The Bertz CT molecular complexity index is 470. The summed E-state index contributed by atoms with van der Waals surface area (Å²) in [6.07, 6.45) is 6.18. The van der Waals surface area contributed by atoms with Gasteiger partial charge >= 0.3 is 0 Å². The van der Waals surface area contributed by atoms with Gasteiger partial charge in [-0.3, -0.25) is 21.2 Å². The average Bonchev–Trinajstić information content (AvgIpc) is 2.38. The van der Waals surface area contributed by atoms with E-state index in [1.54, 1.807) is 12.4 Å². The van der Waals surface area contributed by atoms with Crippen molar-refractivity contribution in [1.82, 2.24) is 15.4 Å². The number of nitrogens with zero attached hydrogens (tertiary/aromatic N) is 2. The van der Waals surface area contributed by atoms with Gasteiger partial charge in [-0.25, -0.2) is 0 Å². The molecule has 0 saturated heterocycles. The molecule has 0 aliphatic carbocycles. The van der Waals surface area contributed by atoms with Crippen LogP contribution in [0.5, 0.6) is 0 Å². The van der Waals surface area contributed by atoms with Gasteiger partial charge in [-0.2, -0.15) is 0 Å². The lowest BCUT2D eigenvalue weighted by Crippen LogP contribution is -2.30. The second-order valence-corrected chi connectivity index (χ2v) is 3.99. The zero-order valence-corrected chi connectivity index (χ0v) is 9.80. The van der Waals surface area contributed by atoms with Crippen LogP contribution in [-0.2, 0) is 6.42 Å². The molecule has 3 N–H and O–H groups in total. The molecular formula is C13H16N4. The Labute approximate surface area is 101 Å². The predicted molar refractivity (Wildman–Crippen MR) is 67.0 cm³/mol. The standard InChI is InChI=1S/C13H16N4/c1-10-4-2-7-16-13(10)12(17-14)8-11-5-3-6-15-9-11/h2-7,9,12,17H,8,14H2,1H3. The molecule has 88 valence electrons. The Balaban J connectivity index is 2.21. The molecule has 1 unspecified atom stereocenters. The number of hydrogen-bond donors (Lipinski definition) is 2. The first kappa shape index (κ1) is 11.7. The molecule has 4 heteroatoms. The lowest BCUT2D eigenvalue weighted by Gasteiger charge is -2.17. The highest BCUT2D eigenvalue weighted by atomic mass is 15.2. The summed E-state index contributed by atoms with van der Waals surface area (Å²) in [6.45, 7) is 2.04. The number of hydrogen-bond acceptors (Lipinski definition) is 4. The minimum Gasteiger partial charge on any atom is -0.271 e. The summed E-state index contributed by atoms with van der Waals surface area (Å²) in [5.41, 5.74) is 6.08. The fourth-order valence-corrected chi connectivity index (χ4v) is 1.85. The van der Waals surface area contributed by atoms with Crippen molar-refractivity contribution in [2.75, 3.05) is 0 Å². The Morgan fingerprint density at radius 3 is 2.76 bits per heavy atom. The van der Waals surface area contributed by atoms with Gasteiger partial charge in [-0.05, 0) is 36.6 Å². The Morgan fingerprint density at radius 2 is 2.12 bits per heavy atom. The maximum Gasteiger partial charge on any atom is 0.0675 e. The minimum atomic E-state index is 0.0143. The van der Waals surface area contributed by atoms with Gasteiger partial charge in [-0.1, -0.05) is 12.1 Å². The van der Waals surface area contributed by atoms with Crippen molar-refractivity contribution in [2.24, 2.45) is 5.84 Å². The normalized spacial score (nSPS) is 12.4. The molecule has 4 nitrogen and oxygen atoms in total. The molecular weight excluding hydrogens is 212 g/mol. The number of aryl methyl sites for hydroxylation is 1. The lowest BCUT2D eigenvalue weighted by atomic mass is 10.0. The summed E-state index contributed by atoms with van der Waals surface area (Å²) in [6, 6.07) is 7.94. The van der Waals surface area contributed by atoms with Crippen molar-refractivity contribution >= 4 is 0 Å². The van der Waals surface area contributed by atoms with Crippen molar-refractivity contribution in [2.45, 2.75) is 19.4 Å². The molecule has 0 saturated carbocycles. The zero-order chi connectivity index (χ0) is 12.1. The molecule has 0 fully saturated rings. The van der Waals surface area contributed by atoms with E-state index in [0.717, 1.165) is 23.2 Å². The van der Waals surface area contributed by atoms with Gasteiger partial charge in [0.15, 0.2) is 0 Å². The Morgan fingerprint density at radius 1 is 1.29 bits per heavy atom. The first-order valence-corrected chi connectivity index (χ1v) is 5.58. The van der Waals surface area contributed by atoms with E-state index in [0.29, 0.717) is 0 Å². The summed E-state index contributed by atoms with van der Waals surface area (Å²) in [4.78, 5) is 8.48. The van der Waals surface area contributed by atoms with Crippen molar-refractivity contribution in [3.8, 4) is 0 Å². The highest BCUT2D eigenvalue weighted by molar-refractivity contribution is 5.23. The molecule has 1 atom stereocenters. The number of nitrogens with one attached hydrogen (secondary N) is 1. The fourth-order valence-electron chi connectivity index (χ4n) is 1.85. The van der Waals surface area contributed by atoms with E-state index in [1.807, 2.05) is 37.4 Å². The SMILES string of the molecule is Cc1cccnc1C(Cc1cccnc1)NN. The first-order chi connectivity index (χ1) is 8.31. The monoisotopic (exact) mass is 228 g/mol. The van der Waals surface area contributed by atoms with E-state index >= 15 is 0 Å². The largest absolute Gasteiger partial charge is 0.271 e. The van der Waals surface area contributed by atoms with Crippen molar-refractivity contribution in [1.29, 1.82) is 0 Å². The third-order valence-corrected chi connectivity index (χ3v) is 2.74. The molecule has 2 aromatic heterocycles. The van der Waals surface area contributed by atoms with Crippen LogP contribution in [0, 0.1) is 6.92 Å². The molecule has 0 radical (unpaired) electrons. The molecule has 0 spiro atoms. The van der Waals surface area contributed by atoms with Gasteiger partial charge in [0.25, 0.3) is 0 Å². The number of pyridine rings is 2. The second kappa shape index (κ2) is 5.52. The van der Waals surface area contributed by atoms with Crippen LogP contribution in [0.3, 0.4) is 0 Å². The number of aromatic nitrogens is 2. The number of nitrogens with two attached hydrogens (primary N) is 1. The number of hydrazine groups is 1. The van der Waals surface area contributed by atoms with Crippen molar-refractivity contribution in [3.63, 3.8) is 0 Å². The van der Waals surface area contributed by atoms with Crippen LogP contribution in [0.25, 0.3) is 0 Å². The van der Waals surface area contributed by atoms with E-state index in [-0.39, 0.29) is 6.04 Å². The predicted octanol–water partition coefficient (Wildman–Crippen LogP) is 1.53. The maximum absolute atomic E-state index is 5.61. The summed E-state index contributed by atoms with van der Waals surface area (Å²) in [5.74, 6) is 5.61. The van der Waals surface area contributed by atoms with Crippen molar-refractivity contribution in [3.05, 3.63) is 59.7 Å². The summed E-state index contributed by atoms with van der Waals surface area (Å²) >= 11 is 0. The van der Waals surface area contributed by atoms with Gasteiger partial charge in [0.2, 0.25) is 0 Å². The van der Waals surface area contributed by atoms with Crippen LogP contribution in [-0.4, -0.2) is 9.97 Å². The van der Waals surface area contributed by atoms with Crippen LogP contribution in [0.4, 0.5) is 0 Å². The van der Waals surface area contributed by atoms with E-state index < -0.39 is 0 Å². The average molecular weight is 228 g/mol. The van der Waals surface area contributed by atoms with Crippen LogP contribution in [0.2, 0.25) is 0 Å². The second-order valence-electron chi connectivity index (χ2n) is 3.99. The highest BCUT2D eigenvalue weighted by Crippen LogP contribution is 2.18. The van der Waals surface area contributed by atoms with Gasteiger partial charge in [0, 0.05) is 18.6 Å². The third-order valence-electron chi connectivity index (χ3n) is 2.74. The van der Waals surface area contributed by atoms with E-state index in [2.05, 4.69) is 15.4 Å².